The Morgan fingerprint density at radius 3 is 2.32 bits per heavy atom. The molecule has 0 fully saturated rings. The van der Waals surface area contributed by atoms with E-state index in [9.17, 15) is 14.8 Å². The number of rotatable bonds is 6. The highest BCUT2D eigenvalue weighted by Gasteiger charge is 2.20. The largest absolute Gasteiger partial charge is 0.489 e. The van der Waals surface area contributed by atoms with Crippen LogP contribution in [0.1, 0.15) is 37.0 Å². The molecule has 0 aliphatic heterocycles. The SMILES string of the molecule is CCCN(CCC)C(=O)c1ccc(Cl)c(B(O)O)c1. The Kier molecular flexibility index (Phi) is 6.35. The second-order valence-corrected chi connectivity index (χ2v) is 4.81. The molecule has 19 heavy (non-hydrogen) atoms. The Balaban J connectivity index is 3.00. The molecule has 0 unspecified atom stereocenters. The van der Waals surface area contributed by atoms with Crippen LogP contribution in [0.25, 0.3) is 0 Å². The van der Waals surface area contributed by atoms with Gasteiger partial charge >= 0.3 is 7.12 Å². The molecule has 0 aliphatic carbocycles. The van der Waals surface area contributed by atoms with E-state index in [-0.39, 0.29) is 16.4 Å². The first-order valence-electron chi connectivity index (χ1n) is 6.46. The molecular formula is C13H19BClNO3. The van der Waals surface area contributed by atoms with Crippen molar-refractivity contribution in [3.8, 4) is 0 Å². The molecule has 1 rings (SSSR count). The van der Waals surface area contributed by atoms with Crippen molar-refractivity contribution < 1.29 is 14.8 Å². The van der Waals surface area contributed by atoms with E-state index >= 15 is 0 Å². The summed E-state index contributed by atoms with van der Waals surface area (Å²) in [7, 11) is -1.67. The van der Waals surface area contributed by atoms with Crippen molar-refractivity contribution in [2.45, 2.75) is 26.7 Å². The van der Waals surface area contributed by atoms with Crippen molar-refractivity contribution in [3.05, 3.63) is 28.8 Å². The summed E-state index contributed by atoms with van der Waals surface area (Å²) in [6, 6.07) is 4.56. The molecule has 0 saturated carbocycles. The molecule has 1 aromatic carbocycles. The first-order chi connectivity index (χ1) is 9.01. The van der Waals surface area contributed by atoms with Crippen LogP contribution in [0.5, 0.6) is 0 Å². The molecule has 1 amide bonds. The predicted octanol–water partition coefficient (Wildman–Crippen LogP) is 1.28. The Morgan fingerprint density at radius 1 is 1.26 bits per heavy atom. The topological polar surface area (TPSA) is 60.8 Å². The maximum atomic E-state index is 12.3. The monoisotopic (exact) mass is 283 g/mol. The van der Waals surface area contributed by atoms with Crippen LogP contribution in [0.3, 0.4) is 0 Å². The summed E-state index contributed by atoms with van der Waals surface area (Å²) in [6.45, 7) is 5.40. The number of carbonyl (C=O) groups excluding carboxylic acids is 1. The highest BCUT2D eigenvalue weighted by molar-refractivity contribution is 6.62. The summed E-state index contributed by atoms with van der Waals surface area (Å²) in [5.74, 6) is -0.109. The fourth-order valence-corrected chi connectivity index (χ4v) is 2.13. The first-order valence-corrected chi connectivity index (χ1v) is 6.83. The van der Waals surface area contributed by atoms with Crippen LogP contribution in [-0.4, -0.2) is 41.1 Å². The molecule has 104 valence electrons. The van der Waals surface area contributed by atoms with E-state index in [1.165, 1.54) is 12.1 Å². The zero-order valence-corrected chi connectivity index (χ0v) is 12.0. The van der Waals surface area contributed by atoms with Crippen molar-refractivity contribution in [3.63, 3.8) is 0 Å². The Bertz CT molecular complexity index is 434. The van der Waals surface area contributed by atoms with Gasteiger partial charge in [0.15, 0.2) is 0 Å². The third-order valence-electron chi connectivity index (χ3n) is 2.80. The lowest BCUT2D eigenvalue weighted by Crippen LogP contribution is -2.35. The van der Waals surface area contributed by atoms with Crippen molar-refractivity contribution in [2.75, 3.05) is 13.1 Å². The molecule has 2 N–H and O–H groups in total. The lowest BCUT2D eigenvalue weighted by molar-refractivity contribution is 0.0755. The number of hydrogen-bond acceptors (Lipinski definition) is 3. The van der Waals surface area contributed by atoms with Crippen LogP contribution in [0, 0.1) is 0 Å². The molecule has 0 radical (unpaired) electrons. The van der Waals surface area contributed by atoms with Gasteiger partial charge in [0.05, 0.1) is 0 Å². The van der Waals surface area contributed by atoms with Gasteiger partial charge in [-0.2, -0.15) is 0 Å². The molecular weight excluding hydrogens is 264 g/mol. The lowest BCUT2D eigenvalue weighted by atomic mass is 9.79. The Morgan fingerprint density at radius 2 is 1.84 bits per heavy atom. The number of amides is 1. The van der Waals surface area contributed by atoms with Gasteiger partial charge in [-0.3, -0.25) is 4.79 Å². The van der Waals surface area contributed by atoms with Gasteiger partial charge in [-0.15, -0.1) is 0 Å². The highest BCUT2D eigenvalue weighted by atomic mass is 35.5. The first kappa shape index (κ1) is 16.0. The normalized spacial score (nSPS) is 10.4. The zero-order valence-electron chi connectivity index (χ0n) is 11.3. The van der Waals surface area contributed by atoms with Gasteiger partial charge in [-0.05, 0) is 31.0 Å². The van der Waals surface area contributed by atoms with Crippen molar-refractivity contribution in [2.24, 2.45) is 0 Å². The molecule has 0 saturated heterocycles. The van der Waals surface area contributed by atoms with E-state index in [1.54, 1.807) is 11.0 Å². The van der Waals surface area contributed by atoms with Gasteiger partial charge in [-0.1, -0.05) is 25.4 Å². The Hall–Kier alpha value is -1.04. The maximum absolute atomic E-state index is 12.3. The summed E-state index contributed by atoms with van der Waals surface area (Å²) in [5.41, 5.74) is 0.579. The van der Waals surface area contributed by atoms with Crippen LogP contribution >= 0.6 is 11.6 Å². The summed E-state index contributed by atoms with van der Waals surface area (Å²) >= 11 is 5.85. The summed E-state index contributed by atoms with van der Waals surface area (Å²) < 4.78 is 0. The second-order valence-electron chi connectivity index (χ2n) is 4.40. The van der Waals surface area contributed by atoms with Crippen LogP contribution in [0.4, 0.5) is 0 Å². The highest BCUT2D eigenvalue weighted by Crippen LogP contribution is 2.11. The minimum atomic E-state index is -1.67. The van der Waals surface area contributed by atoms with E-state index < -0.39 is 7.12 Å². The third kappa shape index (κ3) is 4.23. The van der Waals surface area contributed by atoms with E-state index in [0.717, 1.165) is 12.8 Å². The standard InChI is InChI=1S/C13H19BClNO3/c1-3-7-16(8-4-2)13(17)10-5-6-12(15)11(9-10)14(18)19/h5-6,9,18-19H,3-4,7-8H2,1-2H3. The number of nitrogens with zero attached hydrogens (tertiary/aromatic N) is 1. The quantitative estimate of drug-likeness (QED) is 0.773. The average molecular weight is 284 g/mol. The smallest absolute Gasteiger partial charge is 0.423 e. The van der Waals surface area contributed by atoms with Crippen LogP contribution in [-0.2, 0) is 0 Å². The molecule has 0 heterocycles. The Labute approximate surface area is 119 Å². The van der Waals surface area contributed by atoms with Crippen LogP contribution in [0.2, 0.25) is 5.02 Å². The molecule has 0 atom stereocenters. The van der Waals surface area contributed by atoms with E-state index in [0.29, 0.717) is 18.7 Å². The van der Waals surface area contributed by atoms with Crippen molar-refractivity contribution in [1.29, 1.82) is 0 Å². The molecule has 0 aromatic heterocycles. The van der Waals surface area contributed by atoms with Gasteiger partial charge in [0, 0.05) is 29.1 Å². The van der Waals surface area contributed by atoms with Gasteiger partial charge in [0.25, 0.3) is 5.91 Å². The minimum Gasteiger partial charge on any atom is -0.423 e. The molecule has 0 bridgehead atoms. The maximum Gasteiger partial charge on any atom is 0.489 e. The fourth-order valence-electron chi connectivity index (χ4n) is 1.91. The average Bonchev–Trinajstić information content (AvgIpc) is 2.38. The van der Waals surface area contributed by atoms with E-state index in [2.05, 4.69) is 0 Å². The number of benzene rings is 1. The molecule has 1 aromatic rings. The summed E-state index contributed by atoms with van der Waals surface area (Å²) in [4.78, 5) is 14.1. The van der Waals surface area contributed by atoms with Crippen LogP contribution in [0.15, 0.2) is 18.2 Å². The summed E-state index contributed by atoms with van der Waals surface area (Å²) in [6.07, 6.45) is 1.77. The van der Waals surface area contributed by atoms with Crippen molar-refractivity contribution >= 4 is 30.1 Å². The molecule has 6 heteroatoms. The lowest BCUT2D eigenvalue weighted by Gasteiger charge is -2.22. The fraction of sp³-hybridized carbons (Fsp3) is 0.462. The molecule has 0 aliphatic rings. The van der Waals surface area contributed by atoms with Gasteiger partial charge in [0.1, 0.15) is 0 Å². The van der Waals surface area contributed by atoms with Gasteiger partial charge in [0.2, 0.25) is 0 Å². The number of halogens is 1. The zero-order chi connectivity index (χ0) is 14.4. The van der Waals surface area contributed by atoms with Gasteiger partial charge < -0.3 is 14.9 Å². The van der Waals surface area contributed by atoms with Gasteiger partial charge in [-0.25, -0.2) is 0 Å². The van der Waals surface area contributed by atoms with Crippen molar-refractivity contribution in [1.82, 2.24) is 4.90 Å². The predicted molar refractivity (Wildman–Crippen MR) is 77.8 cm³/mol. The van der Waals surface area contributed by atoms with E-state index in [4.69, 9.17) is 11.6 Å². The second kappa shape index (κ2) is 7.53. The third-order valence-corrected chi connectivity index (χ3v) is 3.14. The summed E-state index contributed by atoms with van der Waals surface area (Å²) in [5, 5.41) is 18.6. The minimum absolute atomic E-state index is 0.109. The number of hydrogen-bond donors (Lipinski definition) is 2. The van der Waals surface area contributed by atoms with E-state index in [1.807, 2.05) is 13.8 Å². The molecule has 0 spiro atoms. The number of carbonyl (C=O) groups is 1. The van der Waals surface area contributed by atoms with Crippen LogP contribution < -0.4 is 5.46 Å². The molecule has 4 nitrogen and oxygen atoms in total.